The van der Waals surface area contributed by atoms with Gasteiger partial charge in [-0.25, -0.2) is 0 Å². The lowest BCUT2D eigenvalue weighted by molar-refractivity contribution is -0.831. The molecular formula is C10H16N2O+2. The van der Waals surface area contributed by atoms with Gasteiger partial charge in [-0.3, -0.25) is 0 Å². The Morgan fingerprint density at radius 3 is 2.62 bits per heavy atom. The standard InChI is InChI=1S/C10H16N2O/c1-7(2)10-8(3)4-12(11-10)9-5-13-6-9/h4,7,9H,5-6H2,1-3H3/q+2. The van der Waals surface area contributed by atoms with Gasteiger partial charge in [-0.2, -0.15) is 0 Å². The SMILES string of the molecule is CC1=C[N+](C2COC2)=[N+]=C1C(C)C. The van der Waals surface area contributed by atoms with Crippen molar-refractivity contribution >= 4 is 5.71 Å². The van der Waals surface area contributed by atoms with Crippen molar-refractivity contribution in [2.75, 3.05) is 13.2 Å². The van der Waals surface area contributed by atoms with E-state index in [9.17, 15) is 0 Å². The summed E-state index contributed by atoms with van der Waals surface area (Å²) in [4.78, 5) is 4.57. The molecule has 0 amide bonds. The van der Waals surface area contributed by atoms with Crippen molar-refractivity contribution in [2.24, 2.45) is 5.92 Å². The predicted molar refractivity (Wildman–Crippen MR) is 48.7 cm³/mol. The van der Waals surface area contributed by atoms with Crippen molar-refractivity contribution in [2.45, 2.75) is 26.8 Å². The molecule has 0 aromatic heterocycles. The summed E-state index contributed by atoms with van der Waals surface area (Å²) in [7, 11) is 0. The van der Waals surface area contributed by atoms with E-state index in [4.69, 9.17) is 4.74 Å². The van der Waals surface area contributed by atoms with Gasteiger partial charge in [0.1, 0.15) is 23.5 Å². The van der Waals surface area contributed by atoms with Gasteiger partial charge in [0.15, 0.2) is 0 Å². The zero-order chi connectivity index (χ0) is 9.42. The Hall–Kier alpha value is -0.920. The van der Waals surface area contributed by atoms with Gasteiger partial charge in [0, 0.05) is 0 Å². The topological polar surface area (TPSA) is 26.3 Å². The third-order valence-electron chi connectivity index (χ3n) is 2.49. The fraction of sp³-hybridized carbons (Fsp3) is 0.700. The Bertz CT molecular complexity index is 318. The first-order valence-electron chi connectivity index (χ1n) is 4.82. The van der Waals surface area contributed by atoms with E-state index in [-0.39, 0.29) is 0 Å². The lowest BCUT2D eigenvalue weighted by Crippen LogP contribution is -2.41. The van der Waals surface area contributed by atoms with E-state index in [1.165, 1.54) is 11.3 Å². The molecular weight excluding hydrogens is 164 g/mol. The molecule has 3 heteroatoms. The maximum Gasteiger partial charge on any atom is 0.398 e. The lowest BCUT2D eigenvalue weighted by Gasteiger charge is -2.13. The minimum absolute atomic E-state index is 0.478. The molecule has 0 N–H and O–H groups in total. The molecule has 2 heterocycles. The average Bonchev–Trinajstić information content (AvgIpc) is 2.27. The van der Waals surface area contributed by atoms with E-state index in [1.807, 2.05) is 4.70 Å². The molecule has 0 unspecified atom stereocenters. The molecule has 0 aromatic rings. The van der Waals surface area contributed by atoms with Gasteiger partial charge in [0.25, 0.3) is 12.2 Å². The quantitative estimate of drug-likeness (QED) is 0.461. The van der Waals surface area contributed by atoms with Gasteiger partial charge in [-0.15, -0.1) is 0 Å². The summed E-state index contributed by atoms with van der Waals surface area (Å²) in [6, 6.07) is 0.478. The molecule has 1 fully saturated rings. The zero-order valence-electron chi connectivity index (χ0n) is 8.45. The van der Waals surface area contributed by atoms with Crippen LogP contribution < -0.4 is 0 Å². The Kier molecular flexibility index (Phi) is 2.06. The number of hydrogen-bond acceptors (Lipinski definition) is 1. The van der Waals surface area contributed by atoms with Gasteiger partial charge in [-0.05, 0) is 6.92 Å². The molecule has 0 saturated carbocycles. The van der Waals surface area contributed by atoms with Gasteiger partial charge >= 0.3 is 5.71 Å². The largest absolute Gasteiger partial charge is 0.398 e. The van der Waals surface area contributed by atoms with Crippen LogP contribution >= 0.6 is 0 Å². The van der Waals surface area contributed by atoms with Gasteiger partial charge in [0.05, 0.1) is 5.92 Å². The van der Waals surface area contributed by atoms with Gasteiger partial charge < -0.3 is 4.74 Å². The second kappa shape index (κ2) is 3.09. The summed E-state index contributed by atoms with van der Waals surface area (Å²) in [5.41, 5.74) is 2.51. The zero-order valence-corrected chi connectivity index (χ0v) is 8.45. The highest BCUT2D eigenvalue weighted by Gasteiger charge is 2.42. The first kappa shape index (κ1) is 8.67. The highest BCUT2D eigenvalue weighted by atomic mass is 16.5. The van der Waals surface area contributed by atoms with Crippen molar-refractivity contribution in [3.63, 3.8) is 0 Å². The minimum Gasteiger partial charge on any atom is -0.367 e. The van der Waals surface area contributed by atoms with Crippen LogP contribution in [0.1, 0.15) is 20.8 Å². The summed E-state index contributed by atoms with van der Waals surface area (Å²) in [6.45, 7) is 8.11. The molecule has 0 aromatic carbocycles. The number of rotatable bonds is 2. The highest BCUT2D eigenvalue weighted by Crippen LogP contribution is 2.13. The summed E-state index contributed by atoms with van der Waals surface area (Å²) >= 11 is 0. The smallest absolute Gasteiger partial charge is 0.367 e. The van der Waals surface area contributed by atoms with Crippen LogP contribution in [-0.2, 0) is 4.74 Å². The Morgan fingerprint density at radius 1 is 1.54 bits per heavy atom. The first-order valence-corrected chi connectivity index (χ1v) is 4.82. The van der Waals surface area contributed by atoms with Crippen molar-refractivity contribution in [1.82, 2.24) is 0 Å². The van der Waals surface area contributed by atoms with Crippen LogP contribution in [0, 0.1) is 5.92 Å². The fourth-order valence-corrected chi connectivity index (χ4v) is 1.63. The van der Waals surface area contributed by atoms with E-state index in [0.717, 1.165) is 13.2 Å². The molecule has 3 nitrogen and oxygen atoms in total. The molecule has 0 bridgehead atoms. The fourth-order valence-electron chi connectivity index (χ4n) is 1.63. The maximum atomic E-state index is 5.14. The predicted octanol–water partition coefficient (Wildman–Crippen LogP) is 1.07. The number of nitrogens with zero attached hydrogens (tertiary/aromatic N) is 2. The summed E-state index contributed by atoms with van der Waals surface area (Å²) in [5, 5.41) is 0. The monoisotopic (exact) mass is 180 g/mol. The second-order valence-electron chi connectivity index (χ2n) is 4.02. The Morgan fingerprint density at radius 2 is 2.23 bits per heavy atom. The van der Waals surface area contributed by atoms with Crippen LogP contribution in [0.3, 0.4) is 0 Å². The molecule has 70 valence electrons. The minimum atomic E-state index is 0.478. The van der Waals surface area contributed by atoms with Crippen LogP contribution in [-0.4, -0.2) is 34.5 Å². The van der Waals surface area contributed by atoms with Crippen LogP contribution in [0.4, 0.5) is 0 Å². The summed E-state index contributed by atoms with van der Waals surface area (Å²) in [5.74, 6) is 0.516. The molecule has 0 atom stereocenters. The Balaban J connectivity index is 2.25. The molecule has 2 aliphatic heterocycles. The maximum absolute atomic E-state index is 5.14. The molecule has 2 rings (SSSR count). The summed E-state index contributed by atoms with van der Waals surface area (Å²) in [6.07, 6.45) is 2.13. The van der Waals surface area contributed by atoms with Crippen molar-refractivity contribution in [1.29, 1.82) is 0 Å². The van der Waals surface area contributed by atoms with Crippen molar-refractivity contribution in [3.05, 3.63) is 11.8 Å². The van der Waals surface area contributed by atoms with E-state index in [1.54, 1.807) is 0 Å². The molecule has 0 aliphatic carbocycles. The van der Waals surface area contributed by atoms with E-state index in [2.05, 4.69) is 31.8 Å². The second-order valence-corrected chi connectivity index (χ2v) is 4.02. The van der Waals surface area contributed by atoms with E-state index in [0.29, 0.717) is 12.0 Å². The number of allylic oxidation sites excluding steroid dienone is 1. The van der Waals surface area contributed by atoms with Gasteiger partial charge in [-0.1, -0.05) is 13.8 Å². The average molecular weight is 180 g/mol. The first-order chi connectivity index (χ1) is 6.18. The molecule has 13 heavy (non-hydrogen) atoms. The third kappa shape index (κ3) is 1.45. The van der Waals surface area contributed by atoms with Crippen LogP contribution in [0.15, 0.2) is 11.8 Å². The number of ether oxygens (including phenoxy) is 1. The summed E-state index contributed by atoms with van der Waals surface area (Å²) < 4.78 is 7.19. The van der Waals surface area contributed by atoms with E-state index < -0.39 is 0 Å². The molecule has 1 saturated heterocycles. The van der Waals surface area contributed by atoms with Gasteiger partial charge in [0.2, 0.25) is 4.79 Å². The molecule has 2 aliphatic rings. The molecule has 0 spiro atoms. The van der Waals surface area contributed by atoms with Crippen molar-refractivity contribution < 1.29 is 14.2 Å². The number of hydrogen-bond donors (Lipinski definition) is 0. The van der Waals surface area contributed by atoms with Crippen LogP contribution in [0.2, 0.25) is 0 Å². The Labute approximate surface area is 78.4 Å². The third-order valence-corrected chi connectivity index (χ3v) is 2.49. The molecule has 0 radical (unpaired) electrons. The normalized spacial score (nSPS) is 22.6. The van der Waals surface area contributed by atoms with E-state index >= 15 is 0 Å². The van der Waals surface area contributed by atoms with Crippen molar-refractivity contribution in [3.8, 4) is 0 Å². The van der Waals surface area contributed by atoms with Crippen LogP contribution in [0.5, 0.6) is 0 Å². The highest BCUT2D eigenvalue weighted by molar-refractivity contribution is 5.96. The van der Waals surface area contributed by atoms with Crippen LogP contribution in [0.25, 0.3) is 0 Å². The lowest BCUT2D eigenvalue weighted by atomic mass is 10.0.